The second-order valence-electron chi connectivity index (χ2n) is 8.07. The van der Waals surface area contributed by atoms with Crippen LogP contribution < -0.4 is 10.2 Å². The van der Waals surface area contributed by atoms with Crippen LogP contribution in [0.4, 0.5) is 21.6 Å². The lowest BCUT2D eigenvalue weighted by Gasteiger charge is -2.15. The Balaban J connectivity index is 1.67. The molecule has 0 amide bonds. The van der Waals surface area contributed by atoms with Crippen molar-refractivity contribution in [3.8, 4) is 22.5 Å². The van der Waals surface area contributed by atoms with Gasteiger partial charge in [0.05, 0.1) is 10.5 Å². The fourth-order valence-electron chi connectivity index (χ4n) is 3.70. The van der Waals surface area contributed by atoms with E-state index in [0.717, 1.165) is 33.3 Å². The van der Waals surface area contributed by atoms with Crippen molar-refractivity contribution >= 4 is 39.7 Å². The largest absolute Gasteiger partial charge is 0.378 e. The number of nitrogens with one attached hydrogen (secondary N) is 1. The van der Waals surface area contributed by atoms with Gasteiger partial charge in [0.1, 0.15) is 11.6 Å². The van der Waals surface area contributed by atoms with Gasteiger partial charge in [0.25, 0.3) is 0 Å². The van der Waals surface area contributed by atoms with Crippen molar-refractivity contribution in [2.75, 3.05) is 24.3 Å². The minimum atomic E-state index is -0.473. The monoisotopic (exact) mass is 469 g/mol. The third-order valence-electron chi connectivity index (χ3n) is 5.49. The molecule has 0 aliphatic rings. The number of hydrogen-bond donors (Lipinski definition) is 1. The molecule has 2 heterocycles. The first kappa shape index (κ1) is 21.8. The number of fused-ring (bicyclic) bond motifs is 1. The van der Waals surface area contributed by atoms with Crippen LogP contribution >= 0.6 is 11.6 Å². The summed E-state index contributed by atoms with van der Waals surface area (Å²) in [5, 5.41) is 4.18. The van der Waals surface area contributed by atoms with Gasteiger partial charge >= 0.3 is 0 Å². The fraction of sp³-hybridized carbons (Fsp3) is 0.0741. The topological polar surface area (TPSA) is 53.9 Å². The molecule has 5 rings (SSSR count). The number of rotatable bonds is 5. The van der Waals surface area contributed by atoms with Crippen LogP contribution in [0.5, 0.6) is 0 Å². The van der Waals surface area contributed by atoms with Crippen LogP contribution in [0.25, 0.3) is 33.4 Å². The van der Waals surface area contributed by atoms with Gasteiger partial charge in [-0.2, -0.15) is 0 Å². The molecule has 168 valence electrons. The highest BCUT2D eigenvalue weighted by Crippen LogP contribution is 2.33. The average molecular weight is 470 g/mol. The molecule has 0 atom stereocenters. The molecular weight excluding hydrogens is 449 g/mol. The predicted molar refractivity (Wildman–Crippen MR) is 137 cm³/mol. The molecule has 34 heavy (non-hydrogen) atoms. The van der Waals surface area contributed by atoms with E-state index in [2.05, 4.69) is 45.5 Å². The minimum Gasteiger partial charge on any atom is -0.378 e. The molecule has 5 aromatic rings. The number of pyridine rings is 1. The quantitative estimate of drug-likeness (QED) is 0.301. The summed E-state index contributed by atoms with van der Waals surface area (Å²) < 4.78 is 13.7. The first-order chi connectivity index (χ1) is 16.5. The average Bonchev–Trinajstić information content (AvgIpc) is 2.86. The Bertz CT molecular complexity index is 1490. The zero-order valence-corrected chi connectivity index (χ0v) is 19.4. The van der Waals surface area contributed by atoms with Crippen molar-refractivity contribution < 1.29 is 4.39 Å². The SMILES string of the molecule is CN(C)c1cccc(-c2ccc3nc(-c4cccnc4)nc(Nc4ccc(F)c(Cl)c4)c3c2)c1. The summed E-state index contributed by atoms with van der Waals surface area (Å²) in [6.45, 7) is 0. The maximum Gasteiger partial charge on any atom is 0.163 e. The maximum absolute atomic E-state index is 13.7. The van der Waals surface area contributed by atoms with Gasteiger partial charge in [-0.05, 0) is 65.7 Å². The molecule has 7 heteroatoms. The molecule has 5 nitrogen and oxygen atoms in total. The van der Waals surface area contributed by atoms with Crippen molar-refractivity contribution in [1.82, 2.24) is 15.0 Å². The Morgan fingerprint density at radius 3 is 2.44 bits per heavy atom. The van der Waals surface area contributed by atoms with Gasteiger partial charge < -0.3 is 10.2 Å². The summed E-state index contributed by atoms with van der Waals surface area (Å²) >= 11 is 6.01. The lowest BCUT2D eigenvalue weighted by atomic mass is 10.0. The van der Waals surface area contributed by atoms with Crippen LogP contribution in [0.2, 0.25) is 5.02 Å². The molecule has 1 N–H and O–H groups in total. The van der Waals surface area contributed by atoms with Gasteiger partial charge in [-0.1, -0.05) is 29.8 Å². The first-order valence-corrected chi connectivity index (χ1v) is 11.1. The lowest BCUT2D eigenvalue weighted by molar-refractivity contribution is 0.628. The van der Waals surface area contributed by atoms with Crippen LogP contribution in [-0.2, 0) is 0 Å². The molecule has 0 spiro atoms. The zero-order valence-electron chi connectivity index (χ0n) is 18.6. The van der Waals surface area contributed by atoms with Crippen LogP contribution in [-0.4, -0.2) is 29.0 Å². The van der Waals surface area contributed by atoms with Crippen molar-refractivity contribution in [3.05, 3.63) is 96.0 Å². The summed E-state index contributed by atoms with van der Waals surface area (Å²) in [4.78, 5) is 15.8. The molecule has 3 aromatic carbocycles. The Labute approximate surface area is 201 Å². The van der Waals surface area contributed by atoms with E-state index in [1.54, 1.807) is 24.5 Å². The Morgan fingerprint density at radius 1 is 0.853 bits per heavy atom. The summed E-state index contributed by atoms with van der Waals surface area (Å²) in [6, 6.07) is 22.7. The Morgan fingerprint density at radius 2 is 1.68 bits per heavy atom. The van der Waals surface area contributed by atoms with Crippen molar-refractivity contribution in [3.63, 3.8) is 0 Å². The first-order valence-electron chi connectivity index (χ1n) is 10.7. The Kier molecular flexibility index (Phi) is 5.82. The van der Waals surface area contributed by atoms with E-state index in [9.17, 15) is 4.39 Å². The smallest absolute Gasteiger partial charge is 0.163 e. The maximum atomic E-state index is 13.7. The van der Waals surface area contributed by atoms with Crippen molar-refractivity contribution in [2.24, 2.45) is 0 Å². The summed E-state index contributed by atoms with van der Waals surface area (Å²) in [5.41, 5.74) is 5.43. The Hall–Kier alpha value is -4.03. The highest BCUT2D eigenvalue weighted by molar-refractivity contribution is 6.31. The lowest BCUT2D eigenvalue weighted by Crippen LogP contribution is -2.08. The number of hydrogen-bond acceptors (Lipinski definition) is 5. The highest BCUT2D eigenvalue weighted by Gasteiger charge is 2.13. The number of benzene rings is 3. The van der Waals surface area contributed by atoms with Crippen LogP contribution in [0, 0.1) is 5.82 Å². The molecular formula is C27H21ClFN5. The molecule has 0 bridgehead atoms. The molecule has 0 aliphatic carbocycles. The van der Waals surface area contributed by atoms with Gasteiger partial charge in [0.15, 0.2) is 5.82 Å². The van der Waals surface area contributed by atoms with E-state index in [1.807, 2.05) is 38.4 Å². The van der Waals surface area contributed by atoms with Crippen LogP contribution in [0.15, 0.2) is 85.2 Å². The van der Waals surface area contributed by atoms with Crippen LogP contribution in [0.3, 0.4) is 0 Å². The molecule has 0 radical (unpaired) electrons. The standard InChI is InChI=1S/C27H21ClFN5/c1-34(2)21-7-3-5-17(13-21)18-8-11-25-22(14-18)27(31-20-9-10-24(29)23(28)15-20)33-26(32-25)19-6-4-12-30-16-19/h3-16H,1-2H3,(H,31,32,33). The number of halogens is 2. The highest BCUT2D eigenvalue weighted by atomic mass is 35.5. The fourth-order valence-corrected chi connectivity index (χ4v) is 3.88. The van der Waals surface area contributed by atoms with E-state index < -0.39 is 5.82 Å². The third-order valence-corrected chi connectivity index (χ3v) is 5.78. The van der Waals surface area contributed by atoms with E-state index in [0.29, 0.717) is 17.3 Å². The second-order valence-corrected chi connectivity index (χ2v) is 8.48. The van der Waals surface area contributed by atoms with Gasteiger partial charge in [0, 0.05) is 48.8 Å². The van der Waals surface area contributed by atoms with Gasteiger partial charge in [-0.25, -0.2) is 14.4 Å². The molecule has 2 aromatic heterocycles. The molecule has 0 saturated carbocycles. The molecule has 0 saturated heterocycles. The van der Waals surface area contributed by atoms with E-state index in [-0.39, 0.29) is 5.02 Å². The number of anilines is 3. The van der Waals surface area contributed by atoms with Crippen LogP contribution in [0.1, 0.15) is 0 Å². The number of aromatic nitrogens is 3. The van der Waals surface area contributed by atoms with Crippen molar-refractivity contribution in [2.45, 2.75) is 0 Å². The van der Waals surface area contributed by atoms with Gasteiger partial charge in [-0.15, -0.1) is 0 Å². The summed E-state index contributed by atoms with van der Waals surface area (Å²) in [7, 11) is 4.03. The minimum absolute atomic E-state index is 0.0389. The molecule has 0 aliphatic heterocycles. The third kappa shape index (κ3) is 4.40. The molecule has 0 fully saturated rings. The zero-order chi connectivity index (χ0) is 23.7. The molecule has 0 unspecified atom stereocenters. The van der Waals surface area contributed by atoms with Gasteiger partial charge in [-0.3, -0.25) is 4.98 Å². The van der Waals surface area contributed by atoms with Gasteiger partial charge in [0.2, 0.25) is 0 Å². The van der Waals surface area contributed by atoms with E-state index in [4.69, 9.17) is 21.6 Å². The normalized spacial score (nSPS) is 10.9. The predicted octanol–water partition coefficient (Wildman–Crippen LogP) is 6.96. The van der Waals surface area contributed by atoms with E-state index >= 15 is 0 Å². The summed E-state index contributed by atoms with van der Waals surface area (Å²) in [5.74, 6) is 0.662. The van der Waals surface area contributed by atoms with Crippen molar-refractivity contribution in [1.29, 1.82) is 0 Å². The van der Waals surface area contributed by atoms with E-state index in [1.165, 1.54) is 6.07 Å². The second kappa shape index (κ2) is 9.08. The summed E-state index contributed by atoms with van der Waals surface area (Å²) in [6.07, 6.45) is 3.43. The number of nitrogens with zero attached hydrogens (tertiary/aromatic N) is 4.